The first-order valence-corrected chi connectivity index (χ1v) is 13.4. The van der Waals surface area contributed by atoms with Gasteiger partial charge in [0, 0.05) is 19.7 Å². The molecule has 2 saturated heterocycles. The first-order chi connectivity index (χ1) is 16.1. The number of amides is 1. The molecule has 1 aromatic carbocycles. The van der Waals surface area contributed by atoms with E-state index in [1.54, 1.807) is 0 Å². The Labute approximate surface area is 201 Å². The molecule has 0 aliphatic carbocycles. The zero-order chi connectivity index (χ0) is 23.0. The van der Waals surface area contributed by atoms with Gasteiger partial charge in [-0.2, -0.15) is 0 Å². The van der Waals surface area contributed by atoms with E-state index in [4.69, 9.17) is 4.74 Å². The maximum absolute atomic E-state index is 12.9. The quantitative estimate of drug-likeness (QED) is 0.517. The highest BCUT2D eigenvalue weighted by Crippen LogP contribution is 2.27. The molecule has 33 heavy (non-hydrogen) atoms. The number of rotatable bonds is 10. The standard InChI is InChI=1S/C25H37N5O2S/c1-19(2)16-22(20-10-5-3-6-11-20)26-23(31)18-33-25-28-27-24(29-13-7-4-8-14-29)30(25)17-21-12-9-15-32-21/h3,5-6,10-11,19,21-22H,4,7-9,12-18H2,1-2H3,(H,26,31). The number of thioether (sulfide) groups is 1. The van der Waals surface area contributed by atoms with Crippen molar-refractivity contribution in [2.75, 3.05) is 30.3 Å². The third-order valence-corrected chi connectivity index (χ3v) is 7.29. The Morgan fingerprint density at radius 1 is 1.15 bits per heavy atom. The van der Waals surface area contributed by atoms with Crippen LogP contribution in [0.5, 0.6) is 0 Å². The summed E-state index contributed by atoms with van der Waals surface area (Å²) < 4.78 is 8.09. The van der Waals surface area contributed by atoms with Crippen molar-refractivity contribution in [1.82, 2.24) is 20.1 Å². The molecule has 4 rings (SSSR count). The van der Waals surface area contributed by atoms with Crippen LogP contribution in [0.4, 0.5) is 5.95 Å². The van der Waals surface area contributed by atoms with E-state index in [0.29, 0.717) is 11.7 Å². The minimum absolute atomic E-state index is 0.0213. The second-order valence-electron chi connectivity index (χ2n) is 9.52. The zero-order valence-electron chi connectivity index (χ0n) is 19.9. The van der Waals surface area contributed by atoms with E-state index in [1.165, 1.54) is 31.0 Å². The van der Waals surface area contributed by atoms with Crippen LogP contribution in [-0.2, 0) is 16.1 Å². The van der Waals surface area contributed by atoms with Gasteiger partial charge in [-0.05, 0) is 50.0 Å². The van der Waals surface area contributed by atoms with Crippen molar-refractivity contribution in [2.24, 2.45) is 5.92 Å². The molecule has 2 aliphatic heterocycles. The number of anilines is 1. The Hall–Kier alpha value is -2.06. The van der Waals surface area contributed by atoms with Gasteiger partial charge in [0.1, 0.15) is 0 Å². The second-order valence-corrected chi connectivity index (χ2v) is 10.5. The monoisotopic (exact) mass is 471 g/mol. The van der Waals surface area contributed by atoms with Crippen LogP contribution in [0, 0.1) is 5.92 Å². The van der Waals surface area contributed by atoms with E-state index in [-0.39, 0.29) is 18.1 Å². The maximum Gasteiger partial charge on any atom is 0.230 e. The van der Waals surface area contributed by atoms with Crippen LogP contribution in [-0.4, -0.2) is 52.2 Å². The number of nitrogens with one attached hydrogen (secondary N) is 1. The average molecular weight is 472 g/mol. The van der Waals surface area contributed by atoms with Gasteiger partial charge in [-0.15, -0.1) is 10.2 Å². The molecule has 0 saturated carbocycles. The lowest BCUT2D eigenvalue weighted by Crippen LogP contribution is -2.33. The summed E-state index contributed by atoms with van der Waals surface area (Å²) in [7, 11) is 0. The van der Waals surface area contributed by atoms with Crippen LogP contribution >= 0.6 is 11.8 Å². The van der Waals surface area contributed by atoms with Gasteiger partial charge in [-0.1, -0.05) is 55.9 Å². The van der Waals surface area contributed by atoms with Crippen LogP contribution in [0.3, 0.4) is 0 Å². The van der Waals surface area contributed by atoms with Gasteiger partial charge in [0.05, 0.1) is 24.4 Å². The van der Waals surface area contributed by atoms with Crippen molar-refractivity contribution in [3.63, 3.8) is 0 Å². The predicted octanol–water partition coefficient (Wildman–Crippen LogP) is 4.44. The number of aromatic nitrogens is 3. The van der Waals surface area contributed by atoms with Gasteiger partial charge >= 0.3 is 0 Å². The SMILES string of the molecule is CC(C)CC(NC(=O)CSc1nnc(N2CCCCC2)n1CC1CCCO1)c1ccccc1. The summed E-state index contributed by atoms with van der Waals surface area (Å²) in [5.74, 6) is 1.77. The molecule has 2 aliphatic rings. The Morgan fingerprint density at radius 2 is 1.94 bits per heavy atom. The minimum Gasteiger partial charge on any atom is -0.376 e. The van der Waals surface area contributed by atoms with E-state index in [2.05, 4.69) is 51.0 Å². The fourth-order valence-electron chi connectivity index (χ4n) is 4.67. The molecule has 0 bridgehead atoms. The van der Waals surface area contributed by atoms with Crippen molar-refractivity contribution < 1.29 is 9.53 Å². The smallest absolute Gasteiger partial charge is 0.230 e. The van der Waals surface area contributed by atoms with Crippen LogP contribution in [0.2, 0.25) is 0 Å². The van der Waals surface area contributed by atoms with Crippen molar-refractivity contribution in [3.8, 4) is 0 Å². The molecule has 2 fully saturated rings. The highest BCUT2D eigenvalue weighted by molar-refractivity contribution is 7.99. The lowest BCUT2D eigenvalue weighted by Gasteiger charge is -2.28. The van der Waals surface area contributed by atoms with Gasteiger partial charge in [-0.3, -0.25) is 9.36 Å². The number of piperidine rings is 1. The summed E-state index contributed by atoms with van der Waals surface area (Å²) in [5.41, 5.74) is 1.15. The normalized spacial score (nSPS) is 19.7. The molecular formula is C25H37N5O2S. The average Bonchev–Trinajstić information content (AvgIpc) is 3.48. The topological polar surface area (TPSA) is 72.3 Å². The van der Waals surface area contributed by atoms with Gasteiger partial charge in [-0.25, -0.2) is 0 Å². The van der Waals surface area contributed by atoms with Crippen molar-refractivity contribution in [3.05, 3.63) is 35.9 Å². The Bertz CT molecular complexity index is 876. The van der Waals surface area contributed by atoms with E-state index in [1.807, 2.05) is 18.2 Å². The molecule has 1 amide bonds. The highest BCUT2D eigenvalue weighted by Gasteiger charge is 2.25. The summed E-state index contributed by atoms with van der Waals surface area (Å²) in [6, 6.07) is 10.3. The molecule has 7 nitrogen and oxygen atoms in total. The minimum atomic E-state index is 0.0213. The number of ether oxygens (including phenoxy) is 1. The first kappa shape index (κ1) is 24.1. The van der Waals surface area contributed by atoms with E-state index < -0.39 is 0 Å². The molecule has 2 unspecified atom stereocenters. The third-order valence-electron chi connectivity index (χ3n) is 6.32. The fourth-order valence-corrected chi connectivity index (χ4v) is 5.42. The molecule has 8 heteroatoms. The van der Waals surface area contributed by atoms with Gasteiger partial charge < -0.3 is 15.0 Å². The molecule has 0 spiro atoms. The maximum atomic E-state index is 12.9. The summed E-state index contributed by atoms with van der Waals surface area (Å²) in [5, 5.41) is 13.1. The molecule has 0 radical (unpaired) electrons. The third kappa shape index (κ3) is 6.73. The van der Waals surface area contributed by atoms with E-state index in [9.17, 15) is 4.79 Å². The lowest BCUT2D eigenvalue weighted by molar-refractivity contribution is -0.119. The first-order valence-electron chi connectivity index (χ1n) is 12.4. The number of hydrogen-bond donors (Lipinski definition) is 1. The van der Waals surface area contributed by atoms with Gasteiger partial charge in [0.15, 0.2) is 5.16 Å². The largest absolute Gasteiger partial charge is 0.376 e. The number of benzene rings is 1. The summed E-state index contributed by atoms with van der Waals surface area (Å²) in [6.45, 7) is 7.99. The molecule has 1 N–H and O–H groups in total. The van der Waals surface area contributed by atoms with Crippen LogP contribution < -0.4 is 10.2 Å². The highest BCUT2D eigenvalue weighted by atomic mass is 32.2. The number of carbonyl (C=O) groups excluding carboxylic acids is 1. The van der Waals surface area contributed by atoms with Gasteiger partial charge in [0.2, 0.25) is 11.9 Å². The van der Waals surface area contributed by atoms with Crippen molar-refractivity contribution >= 4 is 23.6 Å². The lowest BCUT2D eigenvalue weighted by atomic mass is 9.97. The molecule has 2 atom stereocenters. The molecule has 1 aromatic heterocycles. The second kappa shape index (κ2) is 11.9. The van der Waals surface area contributed by atoms with Crippen LogP contribution in [0.15, 0.2) is 35.5 Å². The number of nitrogens with zero attached hydrogens (tertiary/aromatic N) is 4. The zero-order valence-corrected chi connectivity index (χ0v) is 20.7. The van der Waals surface area contributed by atoms with Crippen molar-refractivity contribution in [2.45, 2.75) is 76.2 Å². The fraction of sp³-hybridized carbons (Fsp3) is 0.640. The summed E-state index contributed by atoms with van der Waals surface area (Å²) in [4.78, 5) is 15.3. The van der Waals surface area contributed by atoms with Gasteiger partial charge in [0.25, 0.3) is 0 Å². The molecule has 2 aromatic rings. The molecule has 3 heterocycles. The Balaban J connectivity index is 1.42. The predicted molar refractivity (Wildman–Crippen MR) is 133 cm³/mol. The number of carbonyl (C=O) groups is 1. The van der Waals surface area contributed by atoms with E-state index in [0.717, 1.165) is 62.2 Å². The summed E-state index contributed by atoms with van der Waals surface area (Å²) >= 11 is 1.47. The van der Waals surface area contributed by atoms with Crippen molar-refractivity contribution in [1.29, 1.82) is 0 Å². The van der Waals surface area contributed by atoms with Crippen LogP contribution in [0.1, 0.15) is 64.0 Å². The van der Waals surface area contributed by atoms with E-state index >= 15 is 0 Å². The summed E-state index contributed by atoms with van der Waals surface area (Å²) in [6.07, 6.45) is 6.93. The van der Waals surface area contributed by atoms with Crippen LogP contribution in [0.25, 0.3) is 0 Å². The Kier molecular flexibility index (Phi) is 8.67. The molecule has 180 valence electrons. The number of hydrogen-bond acceptors (Lipinski definition) is 6. The Morgan fingerprint density at radius 3 is 2.64 bits per heavy atom. The molecular weight excluding hydrogens is 434 g/mol.